The molecule has 0 aliphatic rings. The molecule has 1 aromatic carbocycles. The molecule has 0 spiro atoms. The van der Waals surface area contributed by atoms with Crippen molar-refractivity contribution in [2.45, 2.75) is 13.0 Å². The summed E-state index contributed by atoms with van der Waals surface area (Å²) >= 11 is 6.03. The lowest BCUT2D eigenvalue weighted by molar-refractivity contribution is 0.190. The Kier molecular flexibility index (Phi) is 4.70. The summed E-state index contributed by atoms with van der Waals surface area (Å²) in [6, 6.07) is 12.6. The summed E-state index contributed by atoms with van der Waals surface area (Å²) in [7, 11) is 1.76. The van der Waals surface area contributed by atoms with Crippen molar-refractivity contribution >= 4 is 11.6 Å². The van der Waals surface area contributed by atoms with Gasteiger partial charge >= 0.3 is 6.01 Å². The first-order valence-electron chi connectivity index (χ1n) is 8.49. The van der Waals surface area contributed by atoms with Gasteiger partial charge in [0.05, 0.1) is 0 Å². The van der Waals surface area contributed by atoms with Gasteiger partial charge in [-0.3, -0.25) is 9.36 Å². The molecule has 0 aliphatic carbocycles. The zero-order chi connectivity index (χ0) is 19.7. The number of hydrogen-bond donors (Lipinski definition) is 1. The summed E-state index contributed by atoms with van der Waals surface area (Å²) in [6.45, 7) is 1.83. The van der Waals surface area contributed by atoms with Crippen LogP contribution in [0.5, 0.6) is 6.01 Å². The molecule has 0 bridgehead atoms. The molecule has 0 fully saturated rings. The second kappa shape index (κ2) is 7.32. The fourth-order valence-electron chi connectivity index (χ4n) is 2.73. The molecule has 0 saturated carbocycles. The molecule has 4 aromatic rings. The molecule has 0 radical (unpaired) electrons. The average Bonchev–Trinajstić information content (AvgIpc) is 3.30. The lowest BCUT2D eigenvalue weighted by Crippen LogP contribution is -2.08. The highest BCUT2D eigenvalue weighted by molar-refractivity contribution is 6.30. The van der Waals surface area contributed by atoms with Crippen LogP contribution in [0.15, 0.2) is 58.0 Å². The normalized spacial score (nSPS) is 12.1. The maximum absolute atomic E-state index is 11.5. The summed E-state index contributed by atoms with van der Waals surface area (Å²) in [5, 5.41) is 12.9. The van der Waals surface area contributed by atoms with Crippen molar-refractivity contribution in [1.29, 1.82) is 0 Å². The predicted octanol–water partition coefficient (Wildman–Crippen LogP) is 3.62. The zero-order valence-corrected chi connectivity index (χ0v) is 15.8. The first-order chi connectivity index (χ1) is 13.5. The van der Waals surface area contributed by atoms with Gasteiger partial charge in [-0.1, -0.05) is 34.0 Å². The molecular weight excluding hydrogens is 382 g/mol. The number of halogens is 1. The van der Waals surface area contributed by atoms with Crippen LogP contribution in [-0.4, -0.2) is 24.9 Å². The molecule has 0 aliphatic heterocycles. The Labute approximate surface area is 164 Å². The molecule has 9 heteroatoms. The first-order valence-corrected chi connectivity index (χ1v) is 8.87. The Hall–Kier alpha value is -3.39. The van der Waals surface area contributed by atoms with Crippen LogP contribution in [0, 0.1) is 0 Å². The molecule has 3 heterocycles. The number of H-pyrrole nitrogens is 1. The third kappa shape index (κ3) is 3.54. The number of nitrogens with zero attached hydrogens (tertiary/aromatic N) is 4. The van der Waals surface area contributed by atoms with Crippen molar-refractivity contribution in [3.05, 3.63) is 69.7 Å². The van der Waals surface area contributed by atoms with Crippen LogP contribution in [0.4, 0.5) is 0 Å². The Morgan fingerprint density at radius 2 is 2.04 bits per heavy atom. The summed E-state index contributed by atoms with van der Waals surface area (Å²) in [5.74, 6) is 1.11. The van der Waals surface area contributed by atoms with Crippen LogP contribution < -0.4 is 10.3 Å². The van der Waals surface area contributed by atoms with Crippen LogP contribution in [0.25, 0.3) is 22.7 Å². The lowest BCUT2D eigenvalue weighted by Gasteiger charge is -2.10. The minimum Gasteiger partial charge on any atom is -0.454 e. The van der Waals surface area contributed by atoms with E-state index >= 15 is 0 Å². The van der Waals surface area contributed by atoms with Gasteiger partial charge in [0.15, 0.2) is 11.6 Å². The number of hydrogen-bond acceptors (Lipinski definition) is 6. The average molecular weight is 398 g/mol. The number of pyridine rings is 1. The van der Waals surface area contributed by atoms with Gasteiger partial charge < -0.3 is 14.2 Å². The molecule has 142 valence electrons. The number of aromatic nitrogens is 5. The van der Waals surface area contributed by atoms with E-state index in [1.165, 1.54) is 6.07 Å². The quantitative estimate of drug-likeness (QED) is 0.552. The van der Waals surface area contributed by atoms with E-state index in [-0.39, 0.29) is 5.56 Å². The molecule has 0 unspecified atom stereocenters. The minimum atomic E-state index is -0.424. The van der Waals surface area contributed by atoms with Gasteiger partial charge in [-0.05, 0) is 25.1 Å². The maximum Gasteiger partial charge on any atom is 0.317 e. The number of nitrogens with one attached hydrogen (secondary N) is 1. The first kappa shape index (κ1) is 18.0. The summed E-state index contributed by atoms with van der Waals surface area (Å²) in [5.41, 5.74) is 1.86. The smallest absolute Gasteiger partial charge is 0.317 e. The monoisotopic (exact) mass is 397 g/mol. The Balaban J connectivity index is 1.55. The van der Waals surface area contributed by atoms with Crippen molar-refractivity contribution in [3.8, 4) is 28.7 Å². The molecular formula is C19H16ClN5O3. The maximum atomic E-state index is 11.5. The number of benzene rings is 1. The zero-order valence-electron chi connectivity index (χ0n) is 15.1. The van der Waals surface area contributed by atoms with Gasteiger partial charge in [0, 0.05) is 41.5 Å². The van der Waals surface area contributed by atoms with Gasteiger partial charge in [0.1, 0.15) is 11.8 Å². The van der Waals surface area contributed by atoms with E-state index in [0.29, 0.717) is 33.9 Å². The topological polar surface area (TPSA) is 98.8 Å². The van der Waals surface area contributed by atoms with E-state index in [4.69, 9.17) is 20.9 Å². The highest BCUT2D eigenvalue weighted by atomic mass is 35.5. The van der Waals surface area contributed by atoms with E-state index in [1.54, 1.807) is 42.1 Å². The van der Waals surface area contributed by atoms with E-state index in [2.05, 4.69) is 20.3 Å². The molecule has 4 rings (SSSR count). The van der Waals surface area contributed by atoms with Crippen LogP contribution in [-0.2, 0) is 7.05 Å². The van der Waals surface area contributed by atoms with Crippen molar-refractivity contribution < 1.29 is 9.26 Å². The molecule has 3 aromatic heterocycles. The van der Waals surface area contributed by atoms with Crippen LogP contribution in [0.2, 0.25) is 5.02 Å². The fourth-order valence-corrected chi connectivity index (χ4v) is 2.92. The number of aromatic amines is 1. The Morgan fingerprint density at radius 1 is 1.18 bits per heavy atom. The van der Waals surface area contributed by atoms with Gasteiger partial charge in [-0.2, -0.15) is 0 Å². The number of ether oxygens (including phenoxy) is 1. The standard InChI is InChI=1S/C19H16ClN5O3/c1-11(15-10-16(28-24-15)12-4-3-5-14(20)8-12)27-19-23-22-18(25(19)2)13-6-7-21-17(26)9-13/h3-11H,1-2H3,(H,21,26)/t11-/m1/s1. The SMILES string of the molecule is C[C@@H](Oc1nnc(-c2cc[nH]c(=O)c2)n1C)c1cc(-c2cccc(Cl)c2)on1. The van der Waals surface area contributed by atoms with Gasteiger partial charge in [-0.15, -0.1) is 5.10 Å². The summed E-state index contributed by atoms with van der Waals surface area (Å²) < 4.78 is 13.0. The molecule has 0 saturated heterocycles. The molecule has 0 amide bonds. The molecule has 1 atom stereocenters. The van der Waals surface area contributed by atoms with Crippen LogP contribution >= 0.6 is 11.6 Å². The van der Waals surface area contributed by atoms with Crippen molar-refractivity contribution in [1.82, 2.24) is 24.9 Å². The highest BCUT2D eigenvalue weighted by Gasteiger charge is 2.19. The summed E-state index contributed by atoms with van der Waals surface area (Å²) in [4.78, 5) is 14.1. The van der Waals surface area contributed by atoms with E-state index in [1.807, 2.05) is 19.1 Å². The largest absolute Gasteiger partial charge is 0.454 e. The molecule has 1 N–H and O–H groups in total. The second-order valence-electron chi connectivity index (χ2n) is 6.19. The van der Waals surface area contributed by atoms with E-state index < -0.39 is 6.10 Å². The summed E-state index contributed by atoms with van der Waals surface area (Å²) in [6.07, 6.45) is 1.13. The minimum absolute atomic E-state index is 0.215. The van der Waals surface area contributed by atoms with Crippen LogP contribution in [0.3, 0.4) is 0 Å². The van der Waals surface area contributed by atoms with Gasteiger partial charge in [0.25, 0.3) is 0 Å². The lowest BCUT2D eigenvalue weighted by atomic mass is 10.1. The van der Waals surface area contributed by atoms with Crippen molar-refractivity contribution in [3.63, 3.8) is 0 Å². The third-order valence-corrected chi connectivity index (χ3v) is 4.44. The fraction of sp³-hybridized carbons (Fsp3) is 0.158. The highest BCUT2D eigenvalue weighted by Crippen LogP contribution is 2.28. The van der Waals surface area contributed by atoms with Gasteiger partial charge in [-0.25, -0.2) is 0 Å². The Bertz CT molecular complexity index is 1180. The molecule has 8 nitrogen and oxygen atoms in total. The Morgan fingerprint density at radius 3 is 2.82 bits per heavy atom. The van der Waals surface area contributed by atoms with Crippen LogP contribution in [0.1, 0.15) is 18.7 Å². The van der Waals surface area contributed by atoms with E-state index in [9.17, 15) is 4.79 Å². The second-order valence-corrected chi connectivity index (χ2v) is 6.63. The van der Waals surface area contributed by atoms with Crippen molar-refractivity contribution in [2.75, 3.05) is 0 Å². The number of rotatable bonds is 5. The third-order valence-electron chi connectivity index (χ3n) is 4.20. The predicted molar refractivity (Wildman–Crippen MR) is 103 cm³/mol. The van der Waals surface area contributed by atoms with Gasteiger partial charge in [0.2, 0.25) is 5.56 Å². The molecule has 28 heavy (non-hydrogen) atoms. The van der Waals surface area contributed by atoms with Crippen molar-refractivity contribution in [2.24, 2.45) is 7.05 Å². The van der Waals surface area contributed by atoms with E-state index in [0.717, 1.165) is 5.56 Å².